The lowest BCUT2D eigenvalue weighted by Gasteiger charge is -2.23. The third kappa shape index (κ3) is 4.09. The van der Waals surface area contributed by atoms with Gasteiger partial charge in [0.2, 0.25) is 0 Å². The zero-order chi connectivity index (χ0) is 18.7. The quantitative estimate of drug-likeness (QED) is 0.838. The SMILES string of the molecule is Cc1ccc([C@@H](C)NC(=O)[C@H](C)Oc2cccc3c2CCCC3)cc1C. The van der Waals surface area contributed by atoms with Crippen LogP contribution < -0.4 is 10.1 Å². The largest absolute Gasteiger partial charge is 0.481 e. The van der Waals surface area contributed by atoms with Gasteiger partial charge in [-0.15, -0.1) is 0 Å². The highest BCUT2D eigenvalue weighted by molar-refractivity contribution is 5.81. The summed E-state index contributed by atoms with van der Waals surface area (Å²) in [7, 11) is 0. The lowest BCUT2D eigenvalue weighted by atomic mass is 9.91. The Labute approximate surface area is 156 Å². The van der Waals surface area contributed by atoms with Crippen molar-refractivity contribution in [1.82, 2.24) is 5.32 Å². The second-order valence-corrected chi connectivity index (χ2v) is 7.43. The van der Waals surface area contributed by atoms with E-state index in [4.69, 9.17) is 4.74 Å². The van der Waals surface area contributed by atoms with Gasteiger partial charge in [0.25, 0.3) is 5.91 Å². The number of hydrogen-bond acceptors (Lipinski definition) is 2. The van der Waals surface area contributed by atoms with Crippen molar-refractivity contribution < 1.29 is 9.53 Å². The van der Waals surface area contributed by atoms with E-state index in [1.807, 2.05) is 26.0 Å². The molecule has 1 aliphatic rings. The van der Waals surface area contributed by atoms with Gasteiger partial charge >= 0.3 is 0 Å². The third-order valence-electron chi connectivity index (χ3n) is 5.42. The molecule has 1 N–H and O–H groups in total. The average Bonchev–Trinajstić information content (AvgIpc) is 2.64. The van der Waals surface area contributed by atoms with Crippen LogP contribution in [-0.2, 0) is 17.6 Å². The van der Waals surface area contributed by atoms with E-state index in [1.165, 1.54) is 35.1 Å². The minimum absolute atomic E-state index is 0.0439. The molecule has 0 unspecified atom stereocenters. The molecule has 0 aliphatic heterocycles. The Hall–Kier alpha value is -2.29. The molecule has 2 aromatic carbocycles. The van der Waals surface area contributed by atoms with E-state index in [0.717, 1.165) is 24.2 Å². The lowest BCUT2D eigenvalue weighted by Crippen LogP contribution is -2.38. The van der Waals surface area contributed by atoms with Gasteiger partial charge in [0.05, 0.1) is 6.04 Å². The van der Waals surface area contributed by atoms with Crippen LogP contribution in [0.25, 0.3) is 0 Å². The van der Waals surface area contributed by atoms with Crippen LogP contribution in [0.2, 0.25) is 0 Å². The molecule has 1 aliphatic carbocycles. The average molecular weight is 351 g/mol. The first-order valence-corrected chi connectivity index (χ1v) is 9.60. The molecule has 0 spiro atoms. The highest BCUT2D eigenvalue weighted by Gasteiger charge is 2.21. The summed E-state index contributed by atoms with van der Waals surface area (Å²) in [6.45, 7) is 8.03. The third-order valence-corrected chi connectivity index (χ3v) is 5.42. The van der Waals surface area contributed by atoms with Gasteiger partial charge in [0.15, 0.2) is 6.10 Å². The second kappa shape index (κ2) is 7.94. The fourth-order valence-electron chi connectivity index (χ4n) is 3.55. The predicted molar refractivity (Wildman–Crippen MR) is 106 cm³/mol. The number of aryl methyl sites for hydroxylation is 3. The summed E-state index contributed by atoms with van der Waals surface area (Å²) in [5.41, 5.74) is 6.26. The summed E-state index contributed by atoms with van der Waals surface area (Å²) in [5.74, 6) is 0.785. The van der Waals surface area contributed by atoms with Gasteiger partial charge in [0, 0.05) is 0 Å². The number of amides is 1. The second-order valence-electron chi connectivity index (χ2n) is 7.43. The van der Waals surface area contributed by atoms with E-state index in [0.29, 0.717) is 0 Å². The molecule has 0 saturated heterocycles. The standard InChI is InChI=1S/C23H29NO2/c1-15-12-13-20(14-16(15)2)17(3)24-23(25)18(4)26-22-11-7-9-19-8-5-6-10-21(19)22/h7,9,11-14,17-18H,5-6,8,10H2,1-4H3,(H,24,25)/t17-,18+/m1/s1. The highest BCUT2D eigenvalue weighted by Crippen LogP contribution is 2.30. The van der Waals surface area contributed by atoms with Crippen molar-refractivity contribution >= 4 is 5.91 Å². The first-order chi connectivity index (χ1) is 12.5. The number of carbonyl (C=O) groups is 1. The molecule has 0 radical (unpaired) electrons. The normalized spacial score (nSPS) is 15.7. The molecular weight excluding hydrogens is 322 g/mol. The van der Waals surface area contributed by atoms with E-state index >= 15 is 0 Å². The molecule has 0 heterocycles. The van der Waals surface area contributed by atoms with Crippen LogP contribution in [0.3, 0.4) is 0 Å². The highest BCUT2D eigenvalue weighted by atomic mass is 16.5. The van der Waals surface area contributed by atoms with E-state index in [9.17, 15) is 4.79 Å². The smallest absolute Gasteiger partial charge is 0.261 e. The number of hydrogen-bond donors (Lipinski definition) is 1. The van der Waals surface area contributed by atoms with Crippen molar-refractivity contribution in [3.63, 3.8) is 0 Å². The fourth-order valence-corrected chi connectivity index (χ4v) is 3.55. The van der Waals surface area contributed by atoms with Gasteiger partial charge in [-0.1, -0.05) is 30.3 Å². The van der Waals surface area contributed by atoms with Crippen molar-refractivity contribution in [3.8, 4) is 5.75 Å². The Morgan fingerprint density at radius 1 is 1.04 bits per heavy atom. The van der Waals surface area contributed by atoms with Crippen LogP contribution in [0.15, 0.2) is 36.4 Å². The monoisotopic (exact) mass is 351 g/mol. The Morgan fingerprint density at radius 3 is 2.58 bits per heavy atom. The van der Waals surface area contributed by atoms with Crippen molar-refractivity contribution in [2.24, 2.45) is 0 Å². The maximum absolute atomic E-state index is 12.6. The van der Waals surface area contributed by atoms with Gasteiger partial charge in [0.1, 0.15) is 5.75 Å². The summed E-state index contributed by atoms with van der Waals surface area (Å²) in [6, 6.07) is 12.5. The van der Waals surface area contributed by atoms with Crippen molar-refractivity contribution in [2.45, 2.75) is 65.5 Å². The molecule has 3 nitrogen and oxygen atoms in total. The predicted octanol–water partition coefficient (Wildman–Crippen LogP) is 4.83. The van der Waals surface area contributed by atoms with E-state index in [-0.39, 0.29) is 11.9 Å². The molecule has 3 rings (SSSR count). The van der Waals surface area contributed by atoms with Crippen LogP contribution in [0, 0.1) is 13.8 Å². The Bertz CT molecular complexity index is 797. The minimum Gasteiger partial charge on any atom is -0.481 e. The van der Waals surface area contributed by atoms with Gasteiger partial charge in [-0.2, -0.15) is 0 Å². The first-order valence-electron chi connectivity index (χ1n) is 9.60. The topological polar surface area (TPSA) is 38.3 Å². The molecule has 0 bridgehead atoms. The molecule has 0 aromatic heterocycles. The zero-order valence-electron chi connectivity index (χ0n) is 16.3. The van der Waals surface area contributed by atoms with E-state index in [2.05, 4.69) is 43.4 Å². The van der Waals surface area contributed by atoms with Crippen LogP contribution >= 0.6 is 0 Å². The lowest BCUT2D eigenvalue weighted by molar-refractivity contribution is -0.127. The minimum atomic E-state index is -0.516. The van der Waals surface area contributed by atoms with Gasteiger partial charge in [-0.3, -0.25) is 4.79 Å². The fraction of sp³-hybridized carbons (Fsp3) is 0.435. The summed E-state index contributed by atoms with van der Waals surface area (Å²) in [4.78, 5) is 12.6. The first kappa shape index (κ1) is 18.5. The number of ether oxygens (including phenoxy) is 1. The summed E-state index contributed by atoms with van der Waals surface area (Å²) in [5, 5.41) is 3.08. The number of carbonyl (C=O) groups excluding carboxylic acids is 1. The molecule has 0 fully saturated rings. The van der Waals surface area contributed by atoms with Gasteiger partial charge in [-0.25, -0.2) is 0 Å². The molecule has 26 heavy (non-hydrogen) atoms. The number of benzene rings is 2. The molecule has 3 heteroatoms. The van der Waals surface area contributed by atoms with Crippen molar-refractivity contribution in [2.75, 3.05) is 0 Å². The number of nitrogens with one attached hydrogen (secondary N) is 1. The van der Waals surface area contributed by atoms with Crippen LogP contribution in [0.5, 0.6) is 5.75 Å². The maximum Gasteiger partial charge on any atom is 0.261 e. The molecular formula is C23H29NO2. The van der Waals surface area contributed by atoms with Crippen molar-refractivity contribution in [1.29, 1.82) is 0 Å². The number of rotatable bonds is 5. The van der Waals surface area contributed by atoms with E-state index in [1.54, 1.807) is 0 Å². The van der Waals surface area contributed by atoms with E-state index < -0.39 is 6.10 Å². The summed E-state index contributed by atoms with van der Waals surface area (Å²) < 4.78 is 6.04. The molecule has 0 saturated carbocycles. The summed E-state index contributed by atoms with van der Waals surface area (Å²) in [6.07, 6.45) is 4.06. The van der Waals surface area contributed by atoms with Crippen LogP contribution in [0.4, 0.5) is 0 Å². The Balaban J connectivity index is 1.65. The maximum atomic E-state index is 12.6. The summed E-state index contributed by atoms with van der Waals surface area (Å²) >= 11 is 0. The molecule has 2 aromatic rings. The van der Waals surface area contributed by atoms with Crippen molar-refractivity contribution in [3.05, 3.63) is 64.2 Å². The molecule has 1 amide bonds. The molecule has 138 valence electrons. The Kier molecular flexibility index (Phi) is 5.65. The number of fused-ring (bicyclic) bond motifs is 1. The van der Waals surface area contributed by atoms with Gasteiger partial charge < -0.3 is 10.1 Å². The Morgan fingerprint density at radius 2 is 1.81 bits per heavy atom. The van der Waals surface area contributed by atoms with Crippen LogP contribution in [-0.4, -0.2) is 12.0 Å². The molecule has 2 atom stereocenters. The zero-order valence-corrected chi connectivity index (χ0v) is 16.3. The van der Waals surface area contributed by atoms with Crippen LogP contribution in [0.1, 0.15) is 60.5 Å². The van der Waals surface area contributed by atoms with Gasteiger partial charge in [-0.05, 0) is 87.3 Å².